The van der Waals surface area contributed by atoms with E-state index >= 15 is 0 Å². The molecule has 1 amide bonds. The first-order valence-corrected chi connectivity index (χ1v) is 8.10. The third-order valence-corrected chi connectivity index (χ3v) is 3.98. The minimum atomic E-state index is -0.603. The number of carbonyl (C=O) groups is 2. The van der Waals surface area contributed by atoms with Crippen LogP contribution in [0.5, 0.6) is 0 Å². The quantitative estimate of drug-likeness (QED) is 0.593. The van der Waals surface area contributed by atoms with Crippen LogP contribution >= 0.6 is 11.6 Å². The number of amides is 1. The fourth-order valence-electron chi connectivity index (χ4n) is 2.41. The molecule has 0 bridgehead atoms. The second kappa shape index (κ2) is 7.89. The van der Waals surface area contributed by atoms with Crippen molar-refractivity contribution in [3.05, 3.63) is 47.5 Å². The lowest BCUT2D eigenvalue weighted by molar-refractivity contribution is -0.134. The highest BCUT2D eigenvalue weighted by Crippen LogP contribution is 2.10. The van der Waals surface area contributed by atoms with Gasteiger partial charge in [0.15, 0.2) is 6.61 Å². The van der Waals surface area contributed by atoms with Crippen molar-refractivity contribution in [3.8, 4) is 0 Å². The first-order chi connectivity index (χ1) is 12.1. The maximum Gasteiger partial charge on any atom is 0.340 e. The van der Waals surface area contributed by atoms with Crippen LogP contribution in [0.1, 0.15) is 10.4 Å². The second-order valence-electron chi connectivity index (χ2n) is 5.36. The smallest absolute Gasteiger partial charge is 0.340 e. The van der Waals surface area contributed by atoms with Crippen molar-refractivity contribution in [2.24, 2.45) is 0 Å². The number of aromatic nitrogens is 3. The normalized spacial score (nSPS) is 14.3. The van der Waals surface area contributed by atoms with Gasteiger partial charge in [-0.05, 0) is 18.2 Å². The van der Waals surface area contributed by atoms with Gasteiger partial charge in [0.05, 0.1) is 5.56 Å². The number of rotatable bonds is 4. The van der Waals surface area contributed by atoms with Gasteiger partial charge < -0.3 is 14.5 Å². The molecule has 2 aromatic rings. The number of pyridine rings is 1. The average Bonchev–Trinajstić information content (AvgIpc) is 2.67. The summed E-state index contributed by atoms with van der Waals surface area (Å²) in [6.45, 7) is 2.01. The van der Waals surface area contributed by atoms with Crippen LogP contribution in [0.4, 0.5) is 5.95 Å². The molecule has 0 aromatic carbocycles. The van der Waals surface area contributed by atoms with E-state index in [0.29, 0.717) is 32.1 Å². The molecule has 3 heterocycles. The second-order valence-corrected chi connectivity index (χ2v) is 5.75. The Morgan fingerprint density at radius 2 is 1.80 bits per heavy atom. The molecule has 8 nitrogen and oxygen atoms in total. The molecule has 0 radical (unpaired) electrons. The largest absolute Gasteiger partial charge is 0.452 e. The zero-order chi connectivity index (χ0) is 17.6. The van der Waals surface area contributed by atoms with Crippen molar-refractivity contribution in [1.82, 2.24) is 19.9 Å². The number of esters is 1. The van der Waals surface area contributed by atoms with E-state index in [0.717, 1.165) is 0 Å². The summed E-state index contributed by atoms with van der Waals surface area (Å²) in [5.41, 5.74) is 0.253. The van der Waals surface area contributed by atoms with Gasteiger partial charge in [-0.2, -0.15) is 0 Å². The van der Waals surface area contributed by atoms with Crippen molar-refractivity contribution < 1.29 is 14.3 Å². The van der Waals surface area contributed by atoms with E-state index in [4.69, 9.17) is 16.3 Å². The molecule has 1 fully saturated rings. The molecule has 1 aliphatic rings. The minimum Gasteiger partial charge on any atom is -0.452 e. The Hall–Kier alpha value is -2.74. The summed E-state index contributed by atoms with van der Waals surface area (Å²) in [6.07, 6.45) is 4.68. The number of piperazine rings is 1. The molecule has 3 rings (SSSR count). The van der Waals surface area contributed by atoms with Crippen LogP contribution in [0.2, 0.25) is 5.15 Å². The van der Waals surface area contributed by atoms with Gasteiger partial charge in [-0.15, -0.1) is 0 Å². The van der Waals surface area contributed by atoms with Crippen molar-refractivity contribution in [3.63, 3.8) is 0 Å². The van der Waals surface area contributed by atoms with E-state index in [2.05, 4.69) is 15.0 Å². The van der Waals surface area contributed by atoms with Gasteiger partial charge in [-0.1, -0.05) is 11.6 Å². The lowest BCUT2D eigenvalue weighted by Crippen LogP contribution is -2.50. The Balaban J connectivity index is 1.46. The Morgan fingerprint density at radius 1 is 1.08 bits per heavy atom. The number of halogens is 1. The zero-order valence-electron chi connectivity index (χ0n) is 13.3. The van der Waals surface area contributed by atoms with Gasteiger partial charge in [0, 0.05) is 44.8 Å². The van der Waals surface area contributed by atoms with E-state index in [1.807, 2.05) is 4.90 Å². The summed E-state index contributed by atoms with van der Waals surface area (Å²) in [7, 11) is 0. The monoisotopic (exact) mass is 361 g/mol. The molecule has 0 unspecified atom stereocenters. The Kier molecular flexibility index (Phi) is 5.39. The molecular formula is C16H16ClN5O3. The SMILES string of the molecule is O=C(OCC(=O)N1CCN(c2ncccn2)CC1)c1ccc(Cl)nc1. The van der Waals surface area contributed by atoms with Gasteiger partial charge in [0.25, 0.3) is 5.91 Å². The maximum atomic E-state index is 12.2. The van der Waals surface area contributed by atoms with Crippen LogP contribution in [0.25, 0.3) is 0 Å². The molecule has 0 saturated carbocycles. The summed E-state index contributed by atoms with van der Waals surface area (Å²) in [4.78, 5) is 39.9. The first kappa shape index (κ1) is 17.1. The minimum absolute atomic E-state index is 0.232. The molecule has 25 heavy (non-hydrogen) atoms. The van der Waals surface area contributed by atoms with Crippen LogP contribution in [0.15, 0.2) is 36.8 Å². The number of anilines is 1. The summed E-state index contributed by atoms with van der Waals surface area (Å²) in [5, 5.41) is 0.285. The van der Waals surface area contributed by atoms with E-state index in [1.54, 1.807) is 23.4 Å². The third-order valence-electron chi connectivity index (χ3n) is 3.76. The fourth-order valence-corrected chi connectivity index (χ4v) is 2.52. The molecule has 0 atom stereocenters. The average molecular weight is 362 g/mol. The van der Waals surface area contributed by atoms with Crippen LogP contribution < -0.4 is 4.90 Å². The first-order valence-electron chi connectivity index (χ1n) is 7.72. The highest BCUT2D eigenvalue weighted by molar-refractivity contribution is 6.29. The van der Waals surface area contributed by atoms with Crippen LogP contribution in [-0.4, -0.2) is 64.5 Å². The van der Waals surface area contributed by atoms with Crippen molar-refractivity contribution >= 4 is 29.4 Å². The molecule has 0 aliphatic carbocycles. The van der Waals surface area contributed by atoms with Crippen LogP contribution in [0.3, 0.4) is 0 Å². The standard InChI is InChI=1S/C16H16ClN5O3/c17-13-3-2-12(10-20-13)15(24)25-11-14(23)21-6-8-22(9-7-21)16-18-4-1-5-19-16/h1-5,10H,6-9,11H2. The highest BCUT2D eigenvalue weighted by atomic mass is 35.5. The Labute approximate surface area is 149 Å². The van der Waals surface area contributed by atoms with Gasteiger partial charge in [-0.25, -0.2) is 19.7 Å². The summed E-state index contributed by atoms with van der Waals surface area (Å²) < 4.78 is 5.04. The lowest BCUT2D eigenvalue weighted by Gasteiger charge is -2.34. The summed E-state index contributed by atoms with van der Waals surface area (Å²) in [5.74, 6) is -0.186. The number of nitrogens with zero attached hydrogens (tertiary/aromatic N) is 5. The molecule has 0 N–H and O–H groups in total. The molecule has 9 heteroatoms. The topological polar surface area (TPSA) is 88.5 Å². The van der Waals surface area contributed by atoms with E-state index in [9.17, 15) is 9.59 Å². The summed E-state index contributed by atoms with van der Waals surface area (Å²) in [6, 6.07) is 4.75. The predicted octanol–water partition coefficient (Wildman–Crippen LogP) is 1.03. The maximum absolute atomic E-state index is 12.2. The third kappa shape index (κ3) is 4.42. The van der Waals surface area contributed by atoms with Gasteiger partial charge in [0.1, 0.15) is 5.15 Å². The molecule has 1 aliphatic heterocycles. The van der Waals surface area contributed by atoms with Crippen LogP contribution in [0, 0.1) is 0 Å². The molecular weight excluding hydrogens is 346 g/mol. The zero-order valence-corrected chi connectivity index (χ0v) is 14.1. The lowest BCUT2D eigenvalue weighted by atomic mass is 10.3. The van der Waals surface area contributed by atoms with Crippen molar-refractivity contribution in [2.75, 3.05) is 37.7 Å². The Bertz CT molecular complexity index is 733. The number of carbonyl (C=O) groups excluding carboxylic acids is 2. The predicted molar refractivity (Wildman–Crippen MR) is 90.4 cm³/mol. The Morgan fingerprint density at radius 3 is 2.44 bits per heavy atom. The van der Waals surface area contributed by atoms with Gasteiger partial charge >= 0.3 is 5.97 Å². The highest BCUT2D eigenvalue weighted by Gasteiger charge is 2.23. The number of hydrogen-bond donors (Lipinski definition) is 0. The number of ether oxygens (including phenoxy) is 1. The fraction of sp³-hybridized carbons (Fsp3) is 0.312. The van der Waals surface area contributed by atoms with Crippen molar-refractivity contribution in [2.45, 2.75) is 0 Å². The molecule has 2 aromatic heterocycles. The van der Waals surface area contributed by atoms with E-state index in [1.165, 1.54) is 18.3 Å². The summed E-state index contributed by atoms with van der Waals surface area (Å²) >= 11 is 5.66. The van der Waals surface area contributed by atoms with E-state index < -0.39 is 5.97 Å². The van der Waals surface area contributed by atoms with E-state index in [-0.39, 0.29) is 23.2 Å². The molecule has 1 saturated heterocycles. The van der Waals surface area contributed by atoms with Crippen molar-refractivity contribution in [1.29, 1.82) is 0 Å². The molecule has 130 valence electrons. The van der Waals surface area contributed by atoms with Crippen LogP contribution in [-0.2, 0) is 9.53 Å². The van der Waals surface area contributed by atoms with Gasteiger partial charge in [-0.3, -0.25) is 4.79 Å². The van der Waals surface area contributed by atoms with Gasteiger partial charge in [0.2, 0.25) is 5.95 Å². The molecule has 0 spiro atoms. The number of hydrogen-bond acceptors (Lipinski definition) is 7.